The Bertz CT molecular complexity index is 491. The van der Waals surface area contributed by atoms with Crippen molar-refractivity contribution in [3.63, 3.8) is 0 Å². The first-order valence-corrected chi connectivity index (χ1v) is 22.1. The zero-order valence-corrected chi connectivity index (χ0v) is 22.4. The summed E-state index contributed by atoms with van der Waals surface area (Å²) in [6.07, 6.45) is 12.4. The maximum atomic E-state index is 2.76. The first-order chi connectivity index (χ1) is 12.4. The second-order valence-electron chi connectivity index (χ2n) is 9.15. The van der Waals surface area contributed by atoms with Crippen molar-refractivity contribution in [2.24, 2.45) is 0 Å². The number of unbranched alkanes of at least 4 members (excludes halogenated alkanes) is 3. The summed E-state index contributed by atoms with van der Waals surface area (Å²) in [5, 5.41) is 0. The van der Waals surface area contributed by atoms with E-state index in [-0.39, 0.29) is 0 Å². The first kappa shape index (κ1) is 24.0. The van der Waals surface area contributed by atoms with Crippen LogP contribution in [-0.2, 0) is 6.42 Å². The maximum absolute atomic E-state index is 2.76. The molecule has 0 N–H and O–H groups in total. The quantitative estimate of drug-likeness (QED) is 0.249. The van der Waals surface area contributed by atoms with Gasteiger partial charge in [0, 0.05) is 0 Å². The van der Waals surface area contributed by atoms with E-state index in [4.69, 9.17) is 0 Å². The summed E-state index contributed by atoms with van der Waals surface area (Å²) in [7, 11) is -1.27. The van der Waals surface area contributed by atoms with Crippen molar-refractivity contribution in [3.8, 4) is 0 Å². The molecule has 0 aliphatic rings. The third kappa shape index (κ3) is 7.92. The summed E-state index contributed by atoms with van der Waals surface area (Å²) >= 11 is -2.28. The predicted molar refractivity (Wildman–Crippen MR) is 126 cm³/mol. The van der Waals surface area contributed by atoms with E-state index in [1.165, 1.54) is 44.1 Å². The van der Waals surface area contributed by atoms with Crippen LogP contribution in [0.1, 0.15) is 64.9 Å². The summed E-state index contributed by atoms with van der Waals surface area (Å²) in [6.45, 7) is 15.0. The van der Waals surface area contributed by atoms with E-state index in [1.54, 1.807) is 13.3 Å². The average Bonchev–Trinajstić information content (AvgIpc) is 2.62. The van der Waals surface area contributed by atoms with Crippen LogP contribution in [0.4, 0.5) is 0 Å². The molecule has 0 saturated heterocycles. The molecule has 0 nitrogen and oxygen atoms in total. The molecule has 0 bridgehead atoms. The van der Waals surface area contributed by atoms with Gasteiger partial charge in [0.15, 0.2) is 0 Å². The van der Waals surface area contributed by atoms with Crippen molar-refractivity contribution in [3.05, 3.63) is 45.2 Å². The van der Waals surface area contributed by atoms with Crippen LogP contribution in [0.2, 0.25) is 33.0 Å². The molecule has 0 amide bonds. The Morgan fingerprint density at radius 1 is 0.808 bits per heavy atom. The fourth-order valence-corrected chi connectivity index (χ4v) is 37.7. The van der Waals surface area contributed by atoms with E-state index >= 15 is 0 Å². The minimum absolute atomic E-state index is 1.16. The summed E-state index contributed by atoms with van der Waals surface area (Å²) < 4.78 is 6.90. The standard InChI is InChI=1S/C12H17Si.3C4H9.Sn/c1-13(2,3)11-7-10-12-8-5-4-6-9-12;3*1-3-4-2;/h4-9H,10H2,1-3H3;3*1,3-4H2,2H3;. The van der Waals surface area contributed by atoms with E-state index in [0.717, 1.165) is 6.42 Å². The average molecular weight is 479 g/mol. The molecule has 0 spiro atoms. The molecule has 0 aliphatic heterocycles. The zero-order valence-electron chi connectivity index (χ0n) is 18.5. The summed E-state index contributed by atoms with van der Waals surface area (Å²) in [4.78, 5) is 0. The van der Waals surface area contributed by atoms with E-state index in [0.29, 0.717) is 0 Å². The third-order valence-electron chi connectivity index (χ3n) is 5.79. The van der Waals surface area contributed by atoms with Crippen molar-refractivity contribution in [1.82, 2.24) is 0 Å². The van der Waals surface area contributed by atoms with E-state index in [1.807, 2.05) is 0 Å². The summed E-state index contributed by atoms with van der Waals surface area (Å²) in [5.41, 5.74) is 1.49. The van der Waals surface area contributed by atoms with E-state index in [9.17, 15) is 0 Å². The Morgan fingerprint density at radius 3 is 1.65 bits per heavy atom. The van der Waals surface area contributed by atoms with Gasteiger partial charge in [0.25, 0.3) is 0 Å². The Labute approximate surface area is 169 Å². The Balaban J connectivity index is 3.27. The van der Waals surface area contributed by atoms with E-state index < -0.39 is 26.5 Å². The molecule has 1 aromatic rings. The SMILES string of the molecule is CCC[CH2][Sn]([CH2]CCC)([CH2]CCC)/[C](=C/Cc1ccccc1)[Si](C)(C)C. The molecule has 148 valence electrons. The van der Waals surface area contributed by atoms with Crippen LogP contribution in [0.25, 0.3) is 0 Å². The second kappa shape index (κ2) is 12.4. The van der Waals surface area contributed by atoms with Crippen LogP contribution in [0.5, 0.6) is 0 Å². The number of hydrogen-bond donors (Lipinski definition) is 0. The molecular formula is C24H44SiSn. The monoisotopic (exact) mass is 480 g/mol. The molecule has 0 aliphatic carbocycles. The molecule has 0 unspecified atom stereocenters. The van der Waals surface area contributed by atoms with Crippen LogP contribution < -0.4 is 0 Å². The number of benzene rings is 1. The molecular weight excluding hydrogens is 435 g/mol. The third-order valence-corrected chi connectivity index (χ3v) is 32.7. The van der Waals surface area contributed by atoms with Gasteiger partial charge in [-0.05, 0) is 0 Å². The molecule has 26 heavy (non-hydrogen) atoms. The van der Waals surface area contributed by atoms with Gasteiger partial charge in [-0.1, -0.05) is 0 Å². The summed E-state index contributed by atoms with van der Waals surface area (Å²) in [6, 6.07) is 11.1. The molecule has 0 saturated carbocycles. The zero-order chi connectivity index (χ0) is 19.5. The van der Waals surface area contributed by atoms with Gasteiger partial charge in [-0.25, -0.2) is 0 Å². The van der Waals surface area contributed by atoms with Gasteiger partial charge in [-0.2, -0.15) is 0 Å². The van der Waals surface area contributed by atoms with E-state index in [2.05, 4.69) is 80.0 Å². The predicted octanol–water partition coefficient (Wildman–Crippen LogP) is 8.42. The fourth-order valence-electron chi connectivity index (χ4n) is 4.48. The van der Waals surface area contributed by atoms with Gasteiger partial charge in [-0.3, -0.25) is 0 Å². The van der Waals surface area contributed by atoms with Crippen LogP contribution >= 0.6 is 0 Å². The molecule has 2 heteroatoms. The molecule has 0 atom stereocenters. The minimum atomic E-state index is -2.28. The van der Waals surface area contributed by atoms with Gasteiger partial charge < -0.3 is 0 Å². The van der Waals surface area contributed by atoms with Crippen molar-refractivity contribution in [1.29, 1.82) is 0 Å². The Morgan fingerprint density at radius 2 is 1.27 bits per heavy atom. The second-order valence-corrected chi connectivity index (χ2v) is 28.7. The van der Waals surface area contributed by atoms with Crippen molar-refractivity contribution >= 4 is 26.5 Å². The molecule has 1 rings (SSSR count). The van der Waals surface area contributed by atoms with Crippen LogP contribution in [-0.4, -0.2) is 26.5 Å². The van der Waals surface area contributed by atoms with Gasteiger partial charge in [0.1, 0.15) is 0 Å². The first-order valence-electron chi connectivity index (χ1n) is 11.1. The number of allylic oxidation sites excluding steroid dienone is 1. The van der Waals surface area contributed by atoms with Crippen LogP contribution in [0.15, 0.2) is 39.6 Å². The molecule has 0 heterocycles. The van der Waals surface area contributed by atoms with Gasteiger partial charge >= 0.3 is 170 Å². The Kier molecular flexibility index (Phi) is 11.5. The normalized spacial score (nSPS) is 13.2. The molecule has 1 aromatic carbocycles. The fraction of sp³-hybridized carbons (Fsp3) is 0.667. The molecule has 0 radical (unpaired) electrons. The Hall–Kier alpha value is -0.0244. The van der Waals surface area contributed by atoms with Gasteiger partial charge in [-0.15, -0.1) is 0 Å². The molecule has 0 aromatic heterocycles. The van der Waals surface area contributed by atoms with Crippen LogP contribution in [0, 0.1) is 0 Å². The number of hydrogen-bond acceptors (Lipinski definition) is 0. The van der Waals surface area contributed by atoms with Crippen molar-refractivity contribution in [2.75, 3.05) is 0 Å². The van der Waals surface area contributed by atoms with Gasteiger partial charge in [0.2, 0.25) is 0 Å². The van der Waals surface area contributed by atoms with Crippen molar-refractivity contribution < 1.29 is 0 Å². The van der Waals surface area contributed by atoms with Gasteiger partial charge in [0.05, 0.1) is 0 Å². The topological polar surface area (TPSA) is 0 Å². The molecule has 0 fully saturated rings. The number of rotatable bonds is 13. The van der Waals surface area contributed by atoms with Crippen LogP contribution in [0.3, 0.4) is 0 Å². The van der Waals surface area contributed by atoms with Crippen molar-refractivity contribution in [2.45, 2.75) is 98.7 Å². The summed E-state index contributed by atoms with van der Waals surface area (Å²) in [5.74, 6) is 0.